The number of aromatic nitrogens is 6. The van der Waals surface area contributed by atoms with Crippen molar-refractivity contribution < 1.29 is 47.0 Å². The van der Waals surface area contributed by atoms with Gasteiger partial charge in [-0.1, -0.05) is 55.8 Å². The van der Waals surface area contributed by atoms with Crippen molar-refractivity contribution in [1.82, 2.24) is 30.0 Å². The molecule has 4 heterocycles. The van der Waals surface area contributed by atoms with E-state index in [-0.39, 0.29) is 72.8 Å². The van der Waals surface area contributed by atoms with Gasteiger partial charge in [-0.2, -0.15) is 0 Å². The summed E-state index contributed by atoms with van der Waals surface area (Å²) < 4.78 is 41.6. The summed E-state index contributed by atoms with van der Waals surface area (Å²) in [6.07, 6.45) is 10.1. The number of Topliss-reactive ketones (excluding diaryl/α,β-unsaturated/α-hetero) is 2. The number of fused-ring (bicyclic) bond motifs is 3. The van der Waals surface area contributed by atoms with Crippen molar-refractivity contribution in [3.05, 3.63) is 107 Å². The number of benzene rings is 2. The average molecular weight is 879 g/mol. The quantitative estimate of drug-likeness (QED) is 0.0596. The minimum absolute atomic E-state index is 0.00197. The number of anilines is 2. The normalized spacial score (nSPS) is 21.6. The van der Waals surface area contributed by atoms with Gasteiger partial charge in [0.05, 0.1) is 54.4 Å². The van der Waals surface area contributed by atoms with Crippen LogP contribution in [0.3, 0.4) is 0 Å². The zero-order chi connectivity index (χ0) is 45.5. The fraction of sp³-hybridized carbons (Fsp3) is 0.435. The van der Waals surface area contributed by atoms with E-state index in [1.807, 2.05) is 0 Å². The molecule has 0 spiro atoms. The minimum atomic E-state index is -0.790. The lowest BCUT2D eigenvalue weighted by atomic mass is 9.47. The van der Waals surface area contributed by atoms with E-state index in [9.17, 15) is 37.5 Å². The number of hydrogen-bond donors (Lipinski definition) is 0. The number of hydrogen-bond acceptors (Lipinski definition) is 12. The molecule has 2 amide bonds. The van der Waals surface area contributed by atoms with E-state index >= 15 is 0 Å². The maximum absolute atomic E-state index is 13.8. The molecule has 2 aromatic heterocycles. The van der Waals surface area contributed by atoms with Crippen LogP contribution in [0.5, 0.6) is 0 Å². The van der Waals surface area contributed by atoms with E-state index in [4.69, 9.17) is 9.47 Å². The molecule has 4 aliphatic rings. The lowest BCUT2D eigenvalue weighted by Crippen LogP contribution is -2.49. The summed E-state index contributed by atoms with van der Waals surface area (Å²) in [6, 6.07) is 7.17. The van der Waals surface area contributed by atoms with Crippen LogP contribution in [0.2, 0.25) is 0 Å². The second kappa shape index (κ2) is 17.4. The summed E-state index contributed by atoms with van der Waals surface area (Å²) in [5.41, 5.74) is 2.54. The van der Waals surface area contributed by atoms with Gasteiger partial charge in [0, 0.05) is 18.7 Å². The Morgan fingerprint density at radius 1 is 0.797 bits per heavy atom. The molecule has 3 atom stereocenters. The third kappa shape index (κ3) is 8.64. The largest absolute Gasteiger partial charge is 0.459 e. The van der Waals surface area contributed by atoms with Crippen LogP contribution < -0.4 is 9.80 Å². The highest BCUT2D eigenvalue weighted by Crippen LogP contribution is 2.61. The first kappa shape index (κ1) is 43.9. The predicted octanol–water partition coefficient (Wildman–Crippen LogP) is 5.90. The molecule has 334 valence electrons. The zero-order valence-electron chi connectivity index (χ0n) is 35.8. The second-order valence-electron chi connectivity index (χ2n) is 17.9. The Hall–Kier alpha value is -6.72. The SMILES string of the molecule is C=C1CC[C@H]2C(C)(C)CCC[C@]2(C)[C@H]1C/C=C(\CC(=O)OCc1cn(CCN2C(=O)C(=O)c3cc(F)ccc32)nn1)C(=O)OCc1cn(CCN2C(=O)C(=O)c3cc(F)ccc32)nn1. The van der Waals surface area contributed by atoms with Crippen LogP contribution in [-0.2, 0) is 55.0 Å². The van der Waals surface area contributed by atoms with E-state index in [1.165, 1.54) is 55.8 Å². The van der Waals surface area contributed by atoms with E-state index in [0.717, 1.165) is 49.8 Å². The Morgan fingerprint density at radius 3 is 1.91 bits per heavy atom. The lowest BCUT2D eigenvalue weighted by molar-refractivity contribution is -0.147. The van der Waals surface area contributed by atoms with Gasteiger partial charge in [-0.15, -0.1) is 10.2 Å². The maximum Gasteiger partial charge on any atom is 0.334 e. The molecule has 2 aromatic carbocycles. The van der Waals surface area contributed by atoms with Crippen molar-refractivity contribution in [3.8, 4) is 0 Å². The second-order valence-corrected chi connectivity index (χ2v) is 17.9. The molecule has 0 N–H and O–H groups in total. The summed E-state index contributed by atoms with van der Waals surface area (Å²) in [5.74, 6) is -5.27. The van der Waals surface area contributed by atoms with Crippen LogP contribution in [0.25, 0.3) is 0 Å². The van der Waals surface area contributed by atoms with Crippen molar-refractivity contribution in [3.63, 3.8) is 0 Å². The summed E-state index contributed by atoms with van der Waals surface area (Å²) in [5, 5.41) is 16.3. The van der Waals surface area contributed by atoms with Crippen LogP contribution in [0, 0.1) is 34.3 Å². The monoisotopic (exact) mass is 878 g/mol. The number of rotatable bonds is 15. The third-order valence-electron chi connectivity index (χ3n) is 13.4. The van der Waals surface area contributed by atoms with Crippen LogP contribution in [0.15, 0.2) is 72.6 Å². The highest BCUT2D eigenvalue weighted by atomic mass is 19.1. The predicted molar refractivity (Wildman–Crippen MR) is 224 cm³/mol. The number of carbonyl (C=O) groups excluding carboxylic acids is 6. The molecule has 4 aromatic rings. The number of ketones is 2. The van der Waals surface area contributed by atoms with Gasteiger partial charge in [0.25, 0.3) is 23.4 Å². The minimum Gasteiger partial charge on any atom is -0.459 e. The topological polar surface area (TPSA) is 189 Å². The van der Waals surface area contributed by atoms with Crippen LogP contribution in [-0.4, -0.2) is 78.4 Å². The maximum atomic E-state index is 13.8. The van der Waals surface area contributed by atoms with Crippen molar-refractivity contribution in [2.45, 2.75) is 92.0 Å². The molecular formula is C46H48F2N8O8. The Morgan fingerprint density at radius 2 is 1.34 bits per heavy atom. The van der Waals surface area contributed by atoms with Crippen molar-refractivity contribution in [2.24, 2.45) is 22.7 Å². The molecule has 64 heavy (non-hydrogen) atoms. The fourth-order valence-electron chi connectivity index (χ4n) is 10.2. The van der Waals surface area contributed by atoms with E-state index in [1.54, 1.807) is 6.08 Å². The Kier molecular flexibility index (Phi) is 12.0. The molecule has 18 heteroatoms. The van der Waals surface area contributed by atoms with Crippen LogP contribution in [0.4, 0.5) is 20.2 Å². The van der Waals surface area contributed by atoms with Crippen molar-refractivity contribution >= 4 is 46.7 Å². The summed E-state index contributed by atoms with van der Waals surface area (Å²) >= 11 is 0. The van der Waals surface area contributed by atoms with Crippen molar-refractivity contribution in [1.29, 1.82) is 0 Å². The fourth-order valence-corrected chi connectivity index (χ4v) is 10.2. The summed E-state index contributed by atoms with van der Waals surface area (Å²) in [4.78, 5) is 79.7. The first-order valence-corrected chi connectivity index (χ1v) is 21.3. The molecule has 8 rings (SSSR count). The molecule has 0 radical (unpaired) electrons. The number of halogens is 2. The number of amides is 2. The van der Waals surface area contributed by atoms with Gasteiger partial charge in [-0.3, -0.25) is 33.3 Å². The number of carbonyl (C=O) groups is 6. The molecular weight excluding hydrogens is 831 g/mol. The van der Waals surface area contributed by atoms with E-state index in [2.05, 4.69) is 48.0 Å². The van der Waals surface area contributed by atoms with E-state index < -0.39 is 53.4 Å². The summed E-state index contributed by atoms with van der Waals surface area (Å²) in [6.45, 7) is 11.3. The first-order chi connectivity index (χ1) is 30.5. The molecule has 0 bridgehead atoms. The molecule has 0 unspecified atom stereocenters. The molecule has 2 aliphatic carbocycles. The summed E-state index contributed by atoms with van der Waals surface area (Å²) in [7, 11) is 0. The zero-order valence-corrected chi connectivity index (χ0v) is 35.8. The van der Waals surface area contributed by atoms with Gasteiger partial charge in [0.1, 0.15) is 36.2 Å². The Bertz CT molecular complexity index is 2620. The van der Waals surface area contributed by atoms with Gasteiger partial charge in [0.15, 0.2) is 0 Å². The molecule has 2 aliphatic heterocycles. The van der Waals surface area contributed by atoms with Gasteiger partial charge in [-0.05, 0) is 91.2 Å². The third-order valence-corrected chi connectivity index (χ3v) is 13.4. The Labute approximate surface area is 367 Å². The van der Waals surface area contributed by atoms with Gasteiger partial charge in [-0.25, -0.2) is 13.6 Å². The van der Waals surface area contributed by atoms with Gasteiger partial charge < -0.3 is 19.3 Å². The molecule has 0 saturated heterocycles. The van der Waals surface area contributed by atoms with Crippen LogP contribution in [0.1, 0.15) is 97.8 Å². The smallest absolute Gasteiger partial charge is 0.334 e. The van der Waals surface area contributed by atoms with E-state index in [0.29, 0.717) is 35.1 Å². The number of nitrogens with zero attached hydrogens (tertiary/aromatic N) is 8. The average Bonchev–Trinajstić information content (AvgIpc) is 4.02. The highest BCUT2D eigenvalue weighted by Gasteiger charge is 2.52. The van der Waals surface area contributed by atoms with Gasteiger partial charge >= 0.3 is 11.9 Å². The molecule has 2 saturated carbocycles. The Balaban J connectivity index is 0.909. The lowest BCUT2D eigenvalue weighted by Gasteiger charge is -2.58. The van der Waals surface area contributed by atoms with Crippen LogP contribution >= 0.6 is 0 Å². The molecule has 16 nitrogen and oxygen atoms in total. The standard InChI is InChI=1S/C46H48F2N8O8/c1-27-6-13-38-45(2,3)14-5-15-46(38,4)35(27)10-7-28(44(62)64-26-32-24-54(52-50-32)17-19-56-37-12-9-30(48)22-34(37)41(59)43(56)61)20-39(57)63-25-31-23-53(51-49-31)16-18-55-36-11-8-29(47)21-33(36)40(58)42(55)60/h7-9,11-12,21-24,35,38H,1,5-6,10,13-20,25-26H2,2-4H3/b28-7+/t35-,38-,46+/m0/s1. The number of ether oxygens (including phenoxy) is 2. The number of esters is 2. The van der Waals surface area contributed by atoms with Gasteiger partial charge in [0.2, 0.25) is 0 Å². The van der Waals surface area contributed by atoms with Crippen molar-refractivity contribution in [2.75, 3.05) is 22.9 Å². The first-order valence-electron chi connectivity index (χ1n) is 21.3. The highest BCUT2D eigenvalue weighted by molar-refractivity contribution is 6.52. The number of allylic oxidation sites excluding steroid dienone is 2. The molecule has 2 fully saturated rings.